The molecular weight excluding hydrogens is 836 g/mol. The molecule has 1 aliphatic rings. The van der Waals surface area contributed by atoms with E-state index >= 15 is 0 Å². The number of azo groups is 1. The summed E-state index contributed by atoms with van der Waals surface area (Å²) in [5, 5.41) is 77.3. The van der Waals surface area contributed by atoms with Crippen molar-refractivity contribution in [3.05, 3.63) is 59.4 Å². The van der Waals surface area contributed by atoms with Gasteiger partial charge < -0.3 is 36.6 Å². The monoisotopic (exact) mass is 848 g/mol. The zero-order valence-corrected chi connectivity index (χ0v) is 35.4. The van der Waals surface area contributed by atoms with Crippen LogP contribution in [-0.2, 0) is 45.2 Å². The maximum absolute atomic E-state index is 13.9. The van der Waals surface area contributed by atoms with Gasteiger partial charge in [-0.15, -0.1) is 10.2 Å². The molecule has 0 aromatic heterocycles. The van der Waals surface area contributed by atoms with Crippen molar-refractivity contribution in [2.24, 2.45) is 15.2 Å². The fraction of sp³-hybridized carbons (Fsp3) is 0.0417. The first kappa shape index (κ1) is 48.0. The second-order valence-electron chi connectivity index (χ2n) is 8.54. The van der Waals surface area contributed by atoms with Gasteiger partial charge in [0.15, 0.2) is 5.75 Å². The van der Waals surface area contributed by atoms with Crippen molar-refractivity contribution < 1.29 is 169 Å². The molecule has 0 aliphatic carbocycles. The van der Waals surface area contributed by atoms with Gasteiger partial charge in [-0.3, -0.25) is 15.1 Å². The third-order valence-electron chi connectivity index (χ3n) is 5.96. The summed E-state index contributed by atoms with van der Waals surface area (Å²) in [4.78, 5) is 3.64. The van der Waals surface area contributed by atoms with Gasteiger partial charge in [0.25, 0.3) is 6.09 Å². The minimum absolute atomic E-state index is 0. The number of phenols is 2. The van der Waals surface area contributed by atoms with Crippen molar-refractivity contribution in [1.82, 2.24) is 5.32 Å². The Bertz CT molecular complexity index is 1900. The molecule has 1 heterocycles. The average Bonchev–Trinajstić information content (AvgIpc) is 3.04. The van der Waals surface area contributed by atoms with E-state index in [4.69, 9.17) is 11.6 Å². The van der Waals surface area contributed by atoms with E-state index in [-0.39, 0.29) is 149 Å². The number of nitrogens with one attached hydrogen (secondary N) is 2. The maximum Gasteiger partial charge on any atom is 1.00 e. The molecule has 253 valence electrons. The van der Waals surface area contributed by atoms with Crippen LogP contribution < -0.4 is 115 Å². The molecule has 4 aromatic rings. The number of hydrogen-bond acceptors (Lipinski definition) is 19. The first-order valence-electron chi connectivity index (χ1n) is 12.0. The number of aliphatic imine (C=N–C) groups is 1. The molecule has 0 saturated carbocycles. The first-order valence-corrected chi connectivity index (χ1v) is 14.6. The fourth-order valence-corrected chi connectivity index (χ4v) is 5.66. The molecular formula is C24H13ClCuF2N5Na3O11S3. The maximum atomic E-state index is 13.9. The normalized spacial score (nSPS) is 14.0. The molecule has 0 fully saturated rings. The Labute approximate surface area is 374 Å². The molecule has 26 heteroatoms. The van der Waals surface area contributed by atoms with Gasteiger partial charge in [0.05, 0.1) is 45.9 Å². The van der Waals surface area contributed by atoms with Crippen LogP contribution >= 0.6 is 47.7 Å². The second-order valence-corrected chi connectivity index (χ2v) is 11.2. The first-order chi connectivity index (χ1) is 22.2. The van der Waals surface area contributed by atoms with Gasteiger partial charge in [-0.25, -0.2) is 4.39 Å². The van der Waals surface area contributed by atoms with Crippen LogP contribution in [0.15, 0.2) is 89.3 Å². The van der Waals surface area contributed by atoms with Gasteiger partial charge in [0, 0.05) is 43.8 Å². The van der Waals surface area contributed by atoms with Crippen LogP contribution in [0.2, 0.25) is 0 Å². The molecule has 0 spiro atoms. The zero-order valence-electron chi connectivity index (χ0n) is 25.3. The number of rotatable bonds is 13. The van der Waals surface area contributed by atoms with Crippen molar-refractivity contribution in [1.29, 1.82) is 0 Å². The van der Waals surface area contributed by atoms with E-state index in [9.17, 15) is 34.8 Å². The Morgan fingerprint density at radius 1 is 0.820 bits per heavy atom. The van der Waals surface area contributed by atoms with E-state index in [0.29, 0.717) is 51.8 Å². The SMILES string of the molecule is [Cu].[Na+].[Na+].[Na+].[O-]OOSc1ccc2c(N=Nc3c(SOO[O-])cc4ccc(NC5=C(Cl)C(F)N=C(F)N5)cc4c3O)c(O)cc(SOO[O-])c2c1. The minimum atomic E-state index is -2.13. The third-order valence-corrected chi connectivity index (χ3v) is 8.15. The Balaban J connectivity index is 0.00000312. The Morgan fingerprint density at radius 3 is 2.14 bits per heavy atom. The van der Waals surface area contributed by atoms with Gasteiger partial charge >= 0.3 is 88.7 Å². The molecule has 4 aromatic carbocycles. The summed E-state index contributed by atoms with van der Waals surface area (Å²) in [6, 6.07) is 11.5. The molecule has 0 bridgehead atoms. The van der Waals surface area contributed by atoms with Crippen LogP contribution in [0.4, 0.5) is 25.8 Å². The van der Waals surface area contributed by atoms with Gasteiger partial charge in [0.1, 0.15) is 28.0 Å². The van der Waals surface area contributed by atoms with Crippen molar-refractivity contribution in [2.75, 3.05) is 5.32 Å². The second kappa shape index (κ2) is 23.0. The van der Waals surface area contributed by atoms with E-state index in [1.807, 2.05) is 0 Å². The molecule has 1 aliphatic heterocycles. The summed E-state index contributed by atoms with van der Waals surface area (Å²) in [6.07, 6.45) is -3.34. The number of phenolic OH excluding ortho intramolecular Hbond substituents is 2. The third kappa shape index (κ3) is 11.7. The molecule has 4 N–H and O–H groups in total. The molecule has 50 heavy (non-hydrogen) atoms. The smallest absolute Gasteiger partial charge is 0.691 e. The Morgan fingerprint density at radius 2 is 1.46 bits per heavy atom. The van der Waals surface area contributed by atoms with Crippen LogP contribution in [0.5, 0.6) is 11.5 Å². The summed E-state index contributed by atoms with van der Waals surface area (Å²) in [7, 11) is 0. The van der Waals surface area contributed by atoms with Gasteiger partial charge in [0.2, 0.25) is 6.30 Å². The molecule has 0 saturated heterocycles. The molecule has 16 nitrogen and oxygen atoms in total. The number of benzene rings is 4. The molecule has 1 unspecified atom stereocenters. The van der Waals surface area contributed by atoms with Gasteiger partial charge in [-0.1, -0.05) is 23.7 Å². The Hall–Kier alpha value is -0.0305. The molecule has 0 amide bonds. The largest absolute Gasteiger partial charge is 1.00 e. The van der Waals surface area contributed by atoms with Crippen molar-refractivity contribution in [3.63, 3.8) is 0 Å². The summed E-state index contributed by atoms with van der Waals surface area (Å²) in [6.45, 7) is 0. The van der Waals surface area contributed by atoms with E-state index < -0.39 is 28.9 Å². The van der Waals surface area contributed by atoms with Crippen molar-refractivity contribution >= 4 is 92.4 Å². The summed E-state index contributed by atoms with van der Waals surface area (Å²) < 4.78 is 40.7. The van der Waals surface area contributed by atoms with Crippen LogP contribution in [0, 0.1) is 0 Å². The van der Waals surface area contributed by atoms with Crippen molar-refractivity contribution in [3.8, 4) is 11.5 Å². The number of amidine groups is 1. The van der Waals surface area contributed by atoms with Crippen LogP contribution in [0.25, 0.3) is 21.5 Å². The number of hydrogen-bond donors (Lipinski definition) is 4. The van der Waals surface area contributed by atoms with E-state index in [1.54, 1.807) is 0 Å². The molecule has 5 rings (SSSR count). The van der Waals surface area contributed by atoms with Crippen LogP contribution in [0.3, 0.4) is 0 Å². The minimum Gasteiger partial charge on any atom is -0.691 e. The summed E-state index contributed by atoms with van der Waals surface area (Å²) in [5.74, 6) is -1.15. The fourth-order valence-electron chi connectivity index (χ4n) is 4.11. The standard InChI is InChI=1S/C24H16ClF2N5O11S3.Cu.3Na/c25-18-22(26)29-24(27)30-23(18)28-10-2-1-9-5-17(46-43-40-37)20(21(34)13(9)6-10)32-31-19-12-4-3-11(44-41-38-35)7-14(12)16(8-15(19)33)45-42-39-36;;;;/h1-8,22,28,33-37H,(H,29,30);;;;/q;;3*+1/p-3. The number of fused-ring (bicyclic) bond motifs is 2. The van der Waals surface area contributed by atoms with Crippen molar-refractivity contribution in [2.45, 2.75) is 21.0 Å². The molecule has 1 radical (unpaired) electrons. The average molecular weight is 850 g/mol. The van der Waals surface area contributed by atoms with Gasteiger partial charge in [-0.2, -0.15) is 22.4 Å². The number of aromatic hydroxyl groups is 2. The predicted molar refractivity (Wildman–Crippen MR) is 153 cm³/mol. The van der Waals surface area contributed by atoms with Crippen LogP contribution in [0.1, 0.15) is 0 Å². The predicted octanol–water partition coefficient (Wildman–Crippen LogP) is -4.43. The van der Waals surface area contributed by atoms with E-state index in [2.05, 4.69) is 54.0 Å². The topological polar surface area (TPSA) is 226 Å². The number of anilines is 1. The molecule has 1 atom stereocenters. The summed E-state index contributed by atoms with van der Waals surface area (Å²) in [5.41, 5.74) is -0.140. The quantitative estimate of drug-likeness (QED) is 0.0249. The van der Waals surface area contributed by atoms with E-state index in [0.717, 1.165) is 0 Å². The van der Waals surface area contributed by atoms with Gasteiger partial charge in [-0.05, 0) is 41.8 Å². The number of nitrogens with zero attached hydrogens (tertiary/aromatic N) is 3. The Kier molecular flexibility index (Phi) is 22.1. The summed E-state index contributed by atoms with van der Waals surface area (Å²) >= 11 is 7.35. The van der Waals surface area contributed by atoms with E-state index in [1.165, 1.54) is 48.5 Å². The van der Waals surface area contributed by atoms with Crippen LogP contribution in [-0.4, -0.2) is 22.6 Å². The number of alkyl halides is 1. The zero-order chi connectivity index (χ0) is 32.8. The number of halogens is 3.